The van der Waals surface area contributed by atoms with Crippen molar-refractivity contribution in [1.82, 2.24) is 0 Å². The van der Waals surface area contributed by atoms with Crippen LogP contribution in [0.25, 0.3) is 21.5 Å². The maximum Gasteiger partial charge on any atom is 0.296 e. The largest absolute Gasteiger partial charge is 0.505 e. The van der Waals surface area contributed by atoms with Crippen LogP contribution in [0, 0.1) is 0 Å². The summed E-state index contributed by atoms with van der Waals surface area (Å²) >= 11 is 0. The highest BCUT2D eigenvalue weighted by Gasteiger charge is 2.24. The van der Waals surface area contributed by atoms with Crippen LogP contribution in [-0.2, 0) is 29.8 Å². The molecule has 0 aromatic heterocycles. The predicted molar refractivity (Wildman–Crippen MR) is 204 cm³/mol. The maximum atomic E-state index is 12.4. The summed E-state index contributed by atoms with van der Waals surface area (Å²) in [4.78, 5) is 21.1. The standard InChI is InChI=1S/C36H29N7O10S2/c1-19(44)37-23-3-7-25(8-4-23)40-42-33-31(54(48,49)50)17-21-15-27(11-13-29(21)35(33)46)39-28-12-14-30-22(16-28)18-32(55(51,52)53)34(36(30)47)43-41-26-9-5-24(6-10-26)38-20(2)45/h3-18,39,46-47H,1-2H3,(H,37,44)(H,38,45)(H,48,49,50)(H,51,52,53). The SMILES string of the molecule is CC(=O)Nc1ccc(N=Nc2c(S(=O)(=O)O)cc3cc(Nc4ccc5c(O)c(N=Nc6ccc(NC(C)=O)cc6)c(S(=O)(=O)O)cc5c4)ccc3c2O)cc1. The Bertz CT molecular complexity index is 2620. The maximum absolute atomic E-state index is 12.4. The molecule has 0 saturated carbocycles. The van der Waals surface area contributed by atoms with Crippen LogP contribution in [0.1, 0.15) is 13.8 Å². The third kappa shape index (κ3) is 8.71. The third-order valence-corrected chi connectivity index (χ3v) is 9.59. The van der Waals surface area contributed by atoms with E-state index in [0.717, 1.165) is 12.1 Å². The van der Waals surface area contributed by atoms with Gasteiger partial charge in [-0.2, -0.15) is 27.1 Å². The molecular weight excluding hydrogens is 755 g/mol. The average molecular weight is 784 g/mol. The van der Waals surface area contributed by atoms with E-state index >= 15 is 0 Å². The van der Waals surface area contributed by atoms with Crippen molar-refractivity contribution in [3.8, 4) is 11.5 Å². The van der Waals surface area contributed by atoms with E-state index in [1.54, 1.807) is 36.4 Å². The molecule has 0 fully saturated rings. The molecular formula is C36H29N7O10S2. The molecule has 0 aliphatic rings. The summed E-state index contributed by atoms with van der Waals surface area (Å²) < 4.78 is 69.6. The number of anilines is 4. The Kier molecular flexibility index (Phi) is 10.3. The zero-order chi connectivity index (χ0) is 39.7. The monoisotopic (exact) mass is 783 g/mol. The number of azo groups is 2. The summed E-state index contributed by atoms with van der Waals surface area (Å²) in [6.45, 7) is 2.69. The molecule has 55 heavy (non-hydrogen) atoms. The molecule has 0 aliphatic heterocycles. The van der Waals surface area contributed by atoms with Crippen LogP contribution in [0.3, 0.4) is 0 Å². The molecule has 0 atom stereocenters. The number of phenolic OH excluding ortho intramolecular Hbond substituents is 2. The Morgan fingerprint density at radius 2 is 0.855 bits per heavy atom. The average Bonchev–Trinajstić information content (AvgIpc) is 3.10. The van der Waals surface area contributed by atoms with Gasteiger partial charge < -0.3 is 26.2 Å². The van der Waals surface area contributed by atoms with E-state index in [1.807, 2.05) is 0 Å². The number of carbonyl (C=O) groups excluding carboxylic acids is 2. The molecule has 0 spiro atoms. The molecule has 6 rings (SSSR count). The first-order chi connectivity index (χ1) is 26.0. The summed E-state index contributed by atoms with van der Waals surface area (Å²) in [5, 5.41) is 46.9. The summed E-state index contributed by atoms with van der Waals surface area (Å²) in [5.74, 6) is -1.72. The van der Waals surface area contributed by atoms with Gasteiger partial charge in [-0.1, -0.05) is 0 Å². The number of carbonyl (C=O) groups is 2. The van der Waals surface area contributed by atoms with Crippen LogP contribution in [0.5, 0.6) is 11.5 Å². The first-order valence-electron chi connectivity index (χ1n) is 15.9. The van der Waals surface area contributed by atoms with Gasteiger partial charge in [-0.05, 0) is 108 Å². The number of hydrogen-bond acceptors (Lipinski definition) is 13. The number of phenols is 2. The topological polar surface area (TPSA) is 269 Å². The molecule has 0 aliphatic carbocycles. The summed E-state index contributed by atoms with van der Waals surface area (Å²) in [6, 6.07) is 23.4. The van der Waals surface area contributed by atoms with Crippen LogP contribution in [0.15, 0.2) is 127 Å². The van der Waals surface area contributed by atoms with Crippen molar-refractivity contribution in [2.75, 3.05) is 16.0 Å². The van der Waals surface area contributed by atoms with E-state index in [0.29, 0.717) is 22.7 Å². The molecule has 6 aromatic carbocycles. The Morgan fingerprint density at radius 1 is 0.509 bits per heavy atom. The van der Waals surface area contributed by atoms with Crippen molar-refractivity contribution >= 4 is 99.1 Å². The fraction of sp³-hybridized carbons (Fsp3) is 0.0556. The molecule has 7 N–H and O–H groups in total. The number of benzene rings is 6. The fourth-order valence-corrected chi connectivity index (χ4v) is 6.77. The van der Waals surface area contributed by atoms with Gasteiger partial charge in [0.1, 0.15) is 21.2 Å². The molecule has 2 amide bonds. The van der Waals surface area contributed by atoms with Crippen molar-refractivity contribution in [1.29, 1.82) is 0 Å². The summed E-state index contributed by atoms with van der Waals surface area (Å²) in [6.07, 6.45) is 0. The van der Waals surface area contributed by atoms with Crippen molar-refractivity contribution < 1.29 is 45.7 Å². The zero-order valence-electron chi connectivity index (χ0n) is 28.6. The number of aromatic hydroxyl groups is 2. The number of nitrogens with zero attached hydrogens (tertiary/aromatic N) is 4. The molecule has 0 heterocycles. The lowest BCUT2D eigenvalue weighted by Crippen LogP contribution is -2.04. The first-order valence-corrected chi connectivity index (χ1v) is 18.7. The van der Waals surface area contributed by atoms with Crippen molar-refractivity contribution in [2.24, 2.45) is 20.5 Å². The minimum atomic E-state index is -4.92. The normalized spacial score (nSPS) is 12.1. The minimum Gasteiger partial charge on any atom is -0.505 e. The highest BCUT2D eigenvalue weighted by molar-refractivity contribution is 7.86. The second kappa shape index (κ2) is 14.9. The second-order valence-electron chi connectivity index (χ2n) is 11.9. The van der Waals surface area contributed by atoms with Gasteiger partial charge in [0.15, 0.2) is 11.5 Å². The Balaban J connectivity index is 1.32. The van der Waals surface area contributed by atoms with Gasteiger partial charge in [0.05, 0.1) is 11.4 Å². The summed E-state index contributed by atoms with van der Waals surface area (Å²) in [7, 11) is -9.84. The highest BCUT2D eigenvalue weighted by Crippen LogP contribution is 2.44. The highest BCUT2D eigenvalue weighted by atomic mass is 32.2. The van der Waals surface area contributed by atoms with E-state index in [1.165, 1.54) is 62.4 Å². The second-order valence-corrected chi connectivity index (χ2v) is 14.7. The van der Waals surface area contributed by atoms with Crippen LogP contribution < -0.4 is 16.0 Å². The minimum absolute atomic E-state index is 0.166. The molecule has 280 valence electrons. The number of rotatable bonds is 10. The van der Waals surface area contributed by atoms with Crippen LogP contribution in [-0.4, -0.2) is 48.0 Å². The lowest BCUT2D eigenvalue weighted by molar-refractivity contribution is -0.115. The van der Waals surface area contributed by atoms with E-state index < -0.39 is 52.9 Å². The van der Waals surface area contributed by atoms with Crippen molar-refractivity contribution in [3.63, 3.8) is 0 Å². The van der Waals surface area contributed by atoms with Gasteiger partial charge in [0.25, 0.3) is 20.2 Å². The third-order valence-electron chi connectivity index (χ3n) is 7.85. The van der Waals surface area contributed by atoms with Gasteiger partial charge in [0.2, 0.25) is 11.8 Å². The molecule has 0 bridgehead atoms. The fourth-order valence-electron chi connectivity index (χ4n) is 5.46. The molecule has 0 unspecified atom stereocenters. The Labute approximate surface area is 312 Å². The molecule has 17 nitrogen and oxygen atoms in total. The summed E-state index contributed by atoms with van der Waals surface area (Å²) in [5.41, 5.74) is 1.22. The lowest BCUT2D eigenvalue weighted by atomic mass is 10.1. The first kappa shape index (κ1) is 37.9. The predicted octanol–water partition coefficient (Wildman–Crippen LogP) is 8.39. The quantitative estimate of drug-likeness (QED) is 0.0512. The number of nitrogens with one attached hydrogen (secondary N) is 3. The zero-order valence-corrected chi connectivity index (χ0v) is 30.2. The van der Waals surface area contributed by atoms with E-state index in [9.17, 15) is 45.7 Å². The number of hydrogen-bond donors (Lipinski definition) is 7. The van der Waals surface area contributed by atoms with Crippen molar-refractivity contribution in [2.45, 2.75) is 23.6 Å². The van der Waals surface area contributed by atoms with Crippen LogP contribution >= 0.6 is 0 Å². The van der Waals surface area contributed by atoms with E-state index in [2.05, 4.69) is 36.4 Å². The smallest absolute Gasteiger partial charge is 0.296 e. The van der Waals surface area contributed by atoms with Crippen molar-refractivity contribution in [3.05, 3.63) is 97.1 Å². The van der Waals surface area contributed by atoms with E-state index in [-0.39, 0.29) is 44.7 Å². The molecule has 0 radical (unpaired) electrons. The van der Waals surface area contributed by atoms with Gasteiger partial charge in [0, 0.05) is 47.4 Å². The Hall–Kier alpha value is -6.80. The van der Waals surface area contributed by atoms with Gasteiger partial charge in [-0.3, -0.25) is 18.7 Å². The molecule has 6 aromatic rings. The number of amides is 2. The van der Waals surface area contributed by atoms with Gasteiger partial charge in [-0.25, -0.2) is 0 Å². The van der Waals surface area contributed by atoms with Crippen LogP contribution in [0.4, 0.5) is 45.5 Å². The van der Waals surface area contributed by atoms with E-state index in [4.69, 9.17) is 0 Å². The lowest BCUT2D eigenvalue weighted by Gasteiger charge is -2.13. The van der Waals surface area contributed by atoms with Crippen LogP contribution in [0.2, 0.25) is 0 Å². The van der Waals surface area contributed by atoms with Gasteiger partial charge in [-0.15, -0.1) is 10.2 Å². The molecule has 19 heteroatoms. The van der Waals surface area contributed by atoms with Gasteiger partial charge >= 0.3 is 0 Å². The number of fused-ring (bicyclic) bond motifs is 2. The Morgan fingerprint density at radius 3 is 1.18 bits per heavy atom. The molecule has 0 saturated heterocycles.